The Labute approximate surface area is 193 Å². The highest BCUT2D eigenvalue weighted by atomic mass is 32.2. The highest BCUT2D eigenvalue weighted by Gasteiger charge is 2.30. The Kier molecular flexibility index (Phi) is 5.65. The van der Waals surface area contributed by atoms with Crippen molar-refractivity contribution in [2.45, 2.75) is 44.4 Å². The third-order valence-corrected chi connectivity index (χ3v) is 7.84. The number of aromatic nitrogens is 2. The van der Waals surface area contributed by atoms with Crippen LogP contribution in [0.1, 0.15) is 30.0 Å². The Morgan fingerprint density at radius 1 is 1.28 bits per heavy atom. The van der Waals surface area contributed by atoms with Gasteiger partial charge in [-0.2, -0.15) is 0 Å². The molecule has 6 nitrogen and oxygen atoms in total. The Morgan fingerprint density at radius 3 is 2.91 bits per heavy atom. The van der Waals surface area contributed by atoms with E-state index in [1.54, 1.807) is 16.9 Å². The fourth-order valence-corrected chi connectivity index (χ4v) is 6.04. The van der Waals surface area contributed by atoms with Crippen LogP contribution >= 0.6 is 23.1 Å². The minimum atomic E-state index is -0.0998. The molecule has 0 N–H and O–H groups in total. The third kappa shape index (κ3) is 3.78. The second-order valence-corrected chi connectivity index (χ2v) is 9.94. The maximum absolute atomic E-state index is 13.3. The molecule has 5 rings (SSSR count). The summed E-state index contributed by atoms with van der Waals surface area (Å²) in [5.74, 6) is 0.905. The van der Waals surface area contributed by atoms with Crippen molar-refractivity contribution in [1.29, 1.82) is 0 Å². The number of benzene rings is 1. The summed E-state index contributed by atoms with van der Waals surface area (Å²) in [6, 6.07) is 13.7. The lowest BCUT2D eigenvalue weighted by Crippen LogP contribution is -2.37. The first-order valence-electron chi connectivity index (χ1n) is 10.6. The molecule has 1 amide bonds. The lowest BCUT2D eigenvalue weighted by molar-refractivity contribution is -0.116. The molecule has 0 saturated heterocycles. The third-order valence-electron chi connectivity index (χ3n) is 5.71. The summed E-state index contributed by atoms with van der Waals surface area (Å²) in [7, 11) is 0. The minimum absolute atomic E-state index is 0.0202. The first kappa shape index (κ1) is 21.0. The van der Waals surface area contributed by atoms with E-state index in [0.717, 1.165) is 28.2 Å². The van der Waals surface area contributed by atoms with Gasteiger partial charge in [0.05, 0.1) is 23.9 Å². The predicted molar refractivity (Wildman–Crippen MR) is 129 cm³/mol. The molecular weight excluding hydrogens is 442 g/mol. The van der Waals surface area contributed by atoms with Gasteiger partial charge in [0.15, 0.2) is 5.16 Å². The van der Waals surface area contributed by atoms with Crippen molar-refractivity contribution < 1.29 is 9.21 Å². The summed E-state index contributed by atoms with van der Waals surface area (Å²) in [6.07, 6.45) is 3.30. The van der Waals surface area contributed by atoms with E-state index >= 15 is 0 Å². The summed E-state index contributed by atoms with van der Waals surface area (Å²) in [5, 5.41) is 1.16. The number of thioether (sulfide) groups is 1. The Balaban J connectivity index is 1.46. The smallest absolute Gasteiger partial charge is 0.263 e. The number of amides is 1. The van der Waals surface area contributed by atoms with Crippen LogP contribution in [0.4, 0.5) is 5.69 Å². The second kappa shape index (κ2) is 8.60. The van der Waals surface area contributed by atoms with E-state index in [2.05, 4.69) is 19.9 Å². The maximum Gasteiger partial charge on any atom is 0.263 e. The van der Waals surface area contributed by atoms with E-state index in [1.165, 1.54) is 28.7 Å². The fourth-order valence-electron chi connectivity index (χ4n) is 4.17. The van der Waals surface area contributed by atoms with E-state index in [-0.39, 0.29) is 29.8 Å². The molecule has 0 unspecified atom stereocenters. The van der Waals surface area contributed by atoms with E-state index in [9.17, 15) is 9.59 Å². The highest BCUT2D eigenvalue weighted by Crippen LogP contribution is 2.33. The molecule has 4 aromatic rings. The van der Waals surface area contributed by atoms with Crippen molar-refractivity contribution in [2.24, 2.45) is 0 Å². The van der Waals surface area contributed by atoms with Crippen molar-refractivity contribution in [3.8, 4) is 0 Å². The number of nitrogens with zero attached hydrogens (tertiary/aromatic N) is 3. The lowest BCUT2D eigenvalue weighted by atomic mass is 10.1. The average molecular weight is 466 g/mol. The highest BCUT2D eigenvalue weighted by molar-refractivity contribution is 7.99. The number of hydrogen-bond donors (Lipinski definition) is 0. The molecule has 3 aromatic heterocycles. The van der Waals surface area contributed by atoms with Gasteiger partial charge in [-0.05, 0) is 49.6 Å². The number of fused-ring (bicyclic) bond motifs is 2. The maximum atomic E-state index is 13.3. The van der Waals surface area contributed by atoms with E-state index in [1.807, 2.05) is 35.2 Å². The molecule has 8 heteroatoms. The van der Waals surface area contributed by atoms with Crippen molar-refractivity contribution in [3.05, 3.63) is 75.3 Å². The van der Waals surface area contributed by atoms with Crippen LogP contribution in [0.25, 0.3) is 10.2 Å². The van der Waals surface area contributed by atoms with Gasteiger partial charge in [-0.3, -0.25) is 14.2 Å². The largest absolute Gasteiger partial charge is 0.467 e. The van der Waals surface area contributed by atoms with Gasteiger partial charge in [-0.15, -0.1) is 11.3 Å². The van der Waals surface area contributed by atoms with Gasteiger partial charge in [-0.1, -0.05) is 36.9 Å². The summed E-state index contributed by atoms with van der Waals surface area (Å²) in [5.41, 5.74) is 2.07. The van der Waals surface area contributed by atoms with Crippen LogP contribution in [0.3, 0.4) is 0 Å². The molecule has 164 valence electrons. The zero-order chi connectivity index (χ0) is 22.2. The van der Waals surface area contributed by atoms with Gasteiger partial charge in [0.1, 0.15) is 10.6 Å². The van der Waals surface area contributed by atoms with Crippen LogP contribution in [0.5, 0.6) is 0 Å². The Morgan fingerprint density at radius 2 is 2.12 bits per heavy atom. The number of thiophene rings is 1. The molecule has 4 heterocycles. The molecule has 1 aliphatic rings. The number of carbonyl (C=O) groups is 1. The van der Waals surface area contributed by atoms with Gasteiger partial charge in [0, 0.05) is 16.6 Å². The van der Waals surface area contributed by atoms with Crippen molar-refractivity contribution in [1.82, 2.24) is 9.55 Å². The second-order valence-electron chi connectivity index (χ2n) is 7.88. The molecule has 0 bridgehead atoms. The molecule has 1 atom stereocenters. The van der Waals surface area contributed by atoms with E-state index < -0.39 is 0 Å². The Bertz CT molecular complexity index is 1340. The number of hydrogen-bond acceptors (Lipinski definition) is 6. The molecular formula is C24H23N3O3S2. The van der Waals surface area contributed by atoms with Crippen LogP contribution in [0, 0.1) is 0 Å². The number of aryl methyl sites for hydroxylation is 1. The first-order valence-corrected chi connectivity index (χ1v) is 12.4. The molecule has 0 radical (unpaired) electrons. The van der Waals surface area contributed by atoms with E-state index in [0.29, 0.717) is 16.3 Å². The molecule has 0 saturated carbocycles. The summed E-state index contributed by atoms with van der Waals surface area (Å²) >= 11 is 2.85. The van der Waals surface area contributed by atoms with Gasteiger partial charge >= 0.3 is 0 Å². The van der Waals surface area contributed by atoms with Crippen LogP contribution in [0.15, 0.2) is 63.1 Å². The quantitative estimate of drug-likeness (QED) is 0.304. The minimum Gasteiger partial charge on any atom is -0.467 e. The average Bonchev–Trinajstić information content (AvgIpc) is 3.52. The van der Waals surface area contributed by atoms with Crippen LogP contribution < -0.4 is 10.5 Å². The zero-order valence-corrected chi connectivity index (χ0v) is 19.5. The molecule has 1 aromatic carbocycles. The predicted octanol–water partition coefficient (Wildman–Crippen LogP) is 4.73. The fraction of sp³-hybridized carbons (Fsp3) is 0.292. The van der Waals surface area contributed by atoms with Gasteiger partial charge < -0.3 is 9.32 Å². The Hall–Kier alpha value is -2.84. The number of carbonyl (C=O) groups excluding carboxylic acids is 1. The monoisotopic (exact) mass is 465 g/mol. The summed E-state index contributed by atoms with van der Waals surface area (Å²) in [4.78, 5) is 35.0. The summed E-state index contributed by atoms with van der Waals surface area (Å²) in [6.45, 7) is 4.42. The number of rotatable bonds is 6. The topological polar surface area (TPSA) is 68.3 Å². The summed E-state index contributed by atoms with van der Waals surface area (Å²) < 4.78 is 7.09. The SMILES string of the molecule is CCc1cc2c(=O)n(Cc3ccco3)c(SCC(=O)N3c4ccccc4C[C@@H]3C)nc2s1. The molecule has 32 heavy (non-hydrogen) atoms. The van der Waals surface area contributed by atoms with Gasteiger partial charge in [0.2, 0.25) is 5.91 Å². The van der Waals surface area contributed by atoms with Crippen molar-refractivity contribution in [2.75, 3.05) is 10.7 Å². The normalized spacial score (nSPS) is 15.4. The van der Waals surface area contributed by atoms with Gasteiger partial charge in [-0.25, -0.2) is 4.98 Å². The van der Waals surface area contributed by atoms with E-state index in [4.69, 9.17) is 9.40 Å². The molecule has 0 aliphatic carbocycles. The lowest BCUT2D eigenvalue weighted by Gasteiger charge is -2.22. The van der Waals surface area contributed by atoms with Crippen molar-refractivity contribution >= 4 is 44.9 Å². The molecule has 0 spiro atoms. The van der Waals surface area contributed by atoms with Crippen molar-refractivity contribution in [3.63, 3.8) is 0 Å². The molecule has 1 aliphatic heterocycles. The zero-order valence-electron chi connectivity index (χ0n) is 17.9. The molecule has 0 fully saturated rings. The van der Waals surface area contributed by atoms with Gasteiger partial charge in [0.25, 0.3) is 5.56 Å². The van der Waals surface area contributed by atoms with Crippen LogP contribution in [0.2, 0.25) is 0 Å². The number of anilines is 1. The van der Waals surface area contributed by atoms with Crippen LogP contribution in [-0.2, 0) is 24.2 Å². The van der Waals surface area contributed by atoms with Crippen LogP contribution in [-0.4, -0.2) is 27.3 Å². The first-order chi connectivity index (χ1) is 15.5. The number of furan rings is 1. The number of para-hydroxylation sites is 1. The standard InChI is InChI=1S/C24H23N3O3S2/c1-3-18-12-19-22(32-18)25-24(26(23(19)29)13-17-8-6-10-30-17)31-14-21(28)27-15(2)11-16-7-4-5-9-20(16)27/h4-10,12,15H,3,11,13-14H2,1-2H3/t15-/m0/s1.